The summed E-state index contributed by atoms with van der Waals surface area (Å²) in [4.78, 5) is 24.3. The van der Waals surface area contributed by atoms with Crippen LogP contribution in [0.25, 0.3) is 0 Å². The number of nitrogens with zero attached hydrogens (tertiary/aromatic N) is 1. The first-order valence-corrected chi connectivity index (χ1v) is 7.32. The van der Waals surface area contributed by atoms with Gasteiger partial charge in [0.1, 0.15) is 5.75 Å². The van der Waals surface area contributed by atoms with Crippen LogP contribution < -0.4 is 4.74 Å². The topological polar surface area (TPSA) is 66.8 Å². The molecular formula is C16H21NO4. The Bertz CT molecular complexity index is 498. The standard InChI is InChI=1S/C16H21NO4/c1-2-3-8-21-14-6-4-12(5-7-14)10-17-11-13(16(19)20)9-15(17)18/h4-7,13H,2-3,8-11H2,1H3,(H,19,20)/t13-/m0/s1. The highest BCUT2D eigenvalue weighted by Gasteiger charge is 2.33. The van der Waals surface area contributed by atoms with Crippen LogP contribution in [0, 0.1) is 5.92 Å². The summed E-state index contributed by atoms with van der Waals surface area (Å²) in [6.45, 7) is 3.57. The largest absolute Gasteiger partial charge is 0.494 e. The van der Waals surface area contributed by atoms with Crippen LogP contribution in [-0.2, 0) is 16.1 Å². The highest BCUT2D eigenvalue weighted by atomic mass is 16.5. The molecule has 1 saturated heterocycles. The van der Waals surface area contributed by atoms with Crippen LogP contribution in [0.4, 0.5) is 0 Å². The van der Waals surface area contributed by atoms with Crippen LogP contribution >= 0.6 is 0 Å². The molecule has 114 valence electrons. The molecule has 5 nitrogen and oxygen atoms in total. The monoisotopic (exact) mass is 291 g/mol. The highest BCUT2D eigenvalue weighted by Crippen LogP contribution is 2.21. The summed E-state index contributed by atoms with van der Waals surface area (Å²) in [5.41, 5.74) is 0.984. The lowest BCUT2D eigenvalue weighted by molar-refractivity contribution is -0.141. The molecule has 1 atom stereocenters. The van der Waals surface area contributed by atoms with Gasteiger partial charge in [-0.3, -0.25) is 9.59 Å². The number of hydrogen-bond acceptors (Lipinski definition) is 3. The van der Waals surface area contributed by atoms with E-state index in [0.29, 0.717) is 19.7 Å². The normalized spacial score (nSPS) is 18.0. The maximum Gasteiger partial charge on any atom is 0.308 e. The minimum atomic E-state index is -0.898. The Morgan fingerprint density at radius 1 is 1.38 bits per heavy atom. The van der Waals surface area contributed by atoms with Gasteiger partial charge in [0, 0.05) is 19.5 Å². The Labute approximate surface area is 124 Å². The minimum Gasteiger partial charge on any atom is -0.494 e. The molecule has 0 unspecified atom stereocenters. The first-order valence-electron chi connectivity index (χ1n) is 7.32. The predicted octanol–water partition coefficient (Wildman–Crippen LogP) is 2.30. The van der Waals surface area contributed by atoms with Gasteiger partial charge in [0.05, 0.1) is 12.5 Å². The number of aliphatic carboxylic acids is 1. The van der Waals surface area contributed by atoms with E-state index in [4.69, 9.17) is 9.84 Å². The molecule has 0 radical (unpaired) electrons. The van der Waals surface area contributed by atoms with E-state index in [1.807, 2.05) is 24.3 Å². The molecule has 5 heteroatoms. The number of carboxylic acid groups (broad SMARTS) is 1. The molecule has 1 aromatic carbocycles. The van der Waals surface area contributed by atoms with Gasteiger partial charge in [-0.2, -0.15) is 0 Å². The lowest BCUT2D eigenvalue weighted by atomic mass is 10.1. The molecule has 0 bridgehead atoms. The van der Waals surface area contributed by atoms with Crippen molar-refractivity contribution >= 4 is 11.9 Å². The molecular weight excluding hydrogens is 270 g/mol. The van der Waals surface area contributed by atoms with Gasteiger partial charge in [-0.15, -0.1) is 0 Å². The summed E-state index contributed by atoms with van der Waals surface area (Å²) < 4.78 is 5.58. The molecule has 21 heavy (non-hydrogen) atoms. The molecule has 1 aromatic rings. The van der Waals surface area contributed by atoms with E-state index in [1.165, 1.54) is 0 Å². The lowest BCUT2D eigenvalue weighted by Crippen LogP contribution is -2.25. The van der Waals surface area contributed by atoms with Gasteiger partial charge in [-0.05, 0) is 24.1 Å². The zero-order valence-corrected chi connectivity index (χ0v) is 12.2. The average Bonchev–Trinajstić information content (AvgIpc) is 2.83. The van der Waals surface area contributed by atoms with Crippen molar-refractivity contribution < 1.29 is 19.4 Å². The van der Waals surface area contributed by atoms with Crippen molar-refractivity contribution in [1.82, 2.24) is 4.90 Å². The highest BCUT2D eigenvalue weighted by molar-refractivity contribution is 5.86. The van der Waals surface area contributed by atoms with Crippen LogP contribution in [0.5, 0.6) is 5.75 Å². The molecule has 1 aliphatic rings. The zero-order chi connectivity index (χ0) is 15.2. The third kappa shape index (κ3) is 4.21. The summed E-state index contributed by atoms with van der Waals surface area (Å²) in [6, 6.07) is 7.62. The van der Waals surface area contributed by atoms with E-state index >= 15 is 0 Å². The van der Waals surface area contributed by atoms with Gasteiger partial charge in [0.2, 0.25) is 5.91 Å². The van der Waals surface area contributed by atoms with Crippen molar-refractivity contribution in [3.05, 3.63) is 29.8 Å². The van der Waals surface area contributed by atoms with Gasteiger partial charge in [-0.25, -0.2) is 0 Å². The van der Waals surface area contributed by atoms with E-state index < -0.39 is 11.9 Å². The van der Waals surface area contributed by atoms with Crippen LogP contribution in [0.15, 0.2) is 24.3 Å². The van der Waals surface area contributed by atoms with Gasteiger partial charge < -0.3 is 14.7 Å². The van der Waals surface area contributed by atoms with E-state index in [0.717, 1.165) is 24.2 Å². The second-order valence-electron chi connectivity index (χ2n) is 5.36. The number of benzene rings is 1. The van der Waals surface area contributed by atoms with Gasteiger partial charge >= 0.3 is 5.97 Å². The summed E-state index contributed by atoms with van der Waals surface area (Å²) in [7, 11) is 0. The van der Waals surface area contributed by atoms with Crippen molar-refractivity contribution in [2.45, 2.75) is 32.7 Å². The molecule has 0 spiro atoms. The number of unbranched alkanes of at least 4 members (excludes halogenated alkanes) is 1. The number of carbonyl (C=O) groups excluding carboxylic acids is 1. The van der Waals surface area contributed by atoms with Crippen molar-refractivity contribution in [3.63, 3.8) is 0 Å². The van der Waals surface area contributed by atoms with Crippen molar-refractivity contribution in [3.8, 4) is 5.75 Å². The Morgan fingerprint density at radius 3 is 2.67 bits per heavy atom. The van der Waals surface area contributed by atoms with Crippen molar-refractivity contribution in [2.24, 2.45) is 5.92 Å². The Kier molecular flexibility index (Phi) is 5.20. The fourth-order valence-corrected chi connectivity index (χ4v) is 2.34. The fourth-order valence-electron chi connectivity index (χ4n) is 2.34. The van der Waals surface area contributed by atoms with E-state index in [1.54, 1.807) is 4.90 Å². The first-order chi connectivity index (χ1) is 10.1. The molecule has 1 heterocycles. The summed E-state index contributed by atoms with van der Waals surface area (Å²) in [5, 5.41) is 8.96. The van der Waals surface area contributed by atoms with Gasteiger partial charge in [0.15, 0.2) is 0 Å². The van der Waals surface area contributed by atoms with Crippen molar-refractivity contribution in [2.75, 3.05) is 13.2 Å². The molecule has 0 aromatic heterocycles. The zero-order valence-electron chi connectivity index (χ0n) is 12.2. The Balaban J connectivity index is 1.88. The molecule has 1 fully saturated rings. The van der Waals surface area contributed by atoms with E-state index in [2.05, 4.69) is 6.92 Å². The van der Waals surface area contributed by atoms with Gasteiger partial charge in [-0.1, -0.05) is 25.5 Å². The van der Waals surface area contributed by atoms with E-state index in [-0.39, 0.29) is 12.3 Å². The first kappa shape index (κ1) is 15.4. The lowest BCUT2D eigenvalue weighted by Gasteiger charge is -2.16. The molecule has 2 rings (SSSR count). The maximum atomic E-state index is 11.8. The molecule has 1 N–H and O–H groups in total. The molecule has 1 amide bonds. The maximum absolute atomic E-state index is 11.8. The number of likely N-dealkylation sites (tertiary alicyclic amines) is 1. The van der Waals surface area contributed by atoms with E-state index in [9.17, 15) is 9.59 Å². The third-order valence-corrected chi connectivity index (χ3v) is 3.63. The average molecular weight is 291 g/mol. The summed E-state index contributed by atoms with van der Waals surface area (Å²) in [5.74, 6) is -0.742. The van der Waals surface area contributed by atoms with Crippen LogP contribution in [-0.4, -0.2) is 35.0 Å². The Hall–Kier alpha value is -2.04. The smallest absolute Gasteiger partial charge is 0.308 e. The van der Waals surface area contributed by atoms with Crippen LogP contribution in [0.2, 0.25) is 0 Å². The summed E-state index contributed by atoms with van der Waals surface area (Å²) >= 11 is 0. The second-order valence-corrected chi connectivity index (χ2v) is 5.36. The molecule has 0 aliphatic carbocycles. The number of carbonyl (C=O) groups is 2. The number of carboxylic acids is 1. The number of amides is 1. The number of rotatable bonds is 7. The predicted molar refractivity (Wildman–Crippen MR) is 78.0 cm³/mol. The number of hydrogen-bond donors (Lipinski definition) is 1. The van der Waals surface area contributed by atoms with Crippen molar-refractivity contribution in [1.29, 1.82) is 0 Å². The molecule has 1 aliphatic heterocycles. The SMILES string of the molecule is CCCCOc1ccc(CN2C[C@@H](C(=O)O)CC2=O)cc1. The second kappa shape index (κ2) is 7.11. The Morgan fingerprint density at radius 2 is 2.10 bits per heavy atom. The number of ether oxygens (including phenoxy) is 1. The minimum absolute atomic E-state index is 0.0920. The van der Waals surface area contributed by atoms with Crippen LogP contribution in [0.1, 0.15) is 31.7 Å². The van der Waals surface area contributed by atoms with Gasteiger partial charge in [0.25, 0.3) is 0 Å². The molecule has 0 saturated carbocycles. The third-order valence-electron chi connectivity index (χ3n) is 3.63. The summed E-state index contributed by atoms with van der Waals surface area (Å²) in [6.07, 6.45) is 2.23. The fraction of sp³-hybridized carbons (Fsp3) is 0.500. The quantitative estimate of drug-likeness (QED) is 0.783. The van der Waals surface area contributed by atoms with Crippen LogP contribution in [0.3, 0.4) is 0 Å².